The van der Waals surface area contributed by atoms with Crippen LogP contribution < -0.4 is 5.73 Å². The van der Waals surface area contributed by atoms with Crippen LogP contribution >= 0.6 is 0 Å². The van der Waals surface area contributed by atoms with Gasteiger partial charge in [0.25, 0.3) is 0 Å². The summed E-state index contributed by atoms with van der Waals surface area (Å²) in [4.78, 5) is 26.3. The van der Waals surface area contributed by atoms with E-state index in [0.717, 1.165) is 30.5 Å². The van der Waals surface area contributed by atoms with Crippen molar-refractivity contribution in [3.05, 3.63) is 29.8 Å². The normalized spacial score (nSPS) is 28.2. The van der Waals surface area contributed by atoms with Gasteiger partial charge in [-0.05, 0) is 36.8 Å². The van der Waals surface area contributed by atoms with Gasteiger partial charge in [0.2, 0.25) is 11.8 Å². The Morgan fingerprint density at radius 2 is 1.76 bits per heavy atom. The van der Waals surface area contributed by atoms with Gasteiger partial charge >= 0.3 is 0 Å². The molecular formula is C17H22N2O2. The van der Waals surface area contributed by atoms with Gasteiger partial charge in [0, 0.05) is 12.2 Å². The number of hydrogen-bond acceptors (Lipinski definition) is 3. The minimum absolute atomic E-state index is 0.0375. The number of fused-ring (bicyclic) bond motifs is 1. The van der Waals surface area contributed by atoms with E-state index in [2.05, 4.69) is 6.92 Å². The van der Waals surface area contributed by atoms with Crippen LogP contribution in [0.4, 0.5) is 5.69 Å². The van der Waals surface area contributed by atoms with Gasteiger partial charge in [-0.25, -0.2) is 0 Å². The number of amides is 2. The number of anilines is 1. The molecule has 2 atom stereocenters. The van der Waals surface area contributed by atoms with Crippen LogP contribution in [0.25, 0.3) is 0 Å². The number of nitrogens with zero attached hydrogens (tertiary/aromatic N) is 1. The van der Waals surface area contributed by atoms with Crippen molar-refractivity contribution in [1.29, 1.82) is 0 Å². The molecule has 0 bridgehead atoms. The molecule has 1 aliphatic carbocycles. The van der Waals surface area contributed by atoms with E-state index < -0.39 is 0 Å². The van der Waals surface area contributed by atoms with Crippen molar-refractivity contribution in [2.75, 3.05) is 12.3 Å². The van der Waals surface area contributed by atoms with Crippen molar-refractivity contribution >= 4 is 17.5 Å². The van der Waals surface area contributed by atoms with Crippen LogP contribution in [-0.2, 0) is 16.0 Å². The Balaban J connectivity index is 1.67. The lowest BCUT2D eigenvalue weighted by Crippen LogP contribution is -2.34. The van der Waals surface area contributed by atoms with E-state index in [0.29, 0.717) is 18.9 Å². The van der Waals surface area contributed by atoms with Crippen molar-refractivity contribution in [3.63, 3.8) is 0 Å². The molecule has 0 radical (unpaired) electrons. The predicted molar refractivity (Wildman–Crippen MR) is 81.3 cm³/mol. The Labute approximate surface area is 125 Å². The van der Waals surface area contributed by atoms with Crippen LogP contribution in [0.2, 0.25) is 0 Å². The molecule has 2 unspecified atom stereocenters. The molecule has 1 aliphatic heterocycles. The maximum absolute atomic E-state index is 12.4. The van der Waals surface area contributed by atoms with E-state index in [4.69, 9.17) is 5.73 Å². The Morgan fingerprint density at radius 1 is 1.14 bits per heavy atom. The number of benzene rings is 1. The molecule has 112 valence electrons. The third-order valence-electron chi connectivity index (χ3n) is 5.06. The Bertz CT molecular complexity index is 546. The quantitative estimate of drug-likeness (QED) is 0.682. The number of para-hydroxylation sites is 1. The minimum atomic E-state index is -0.0597. The highest BCUT2D eigenvalue weighted by Crippen LogP contribution is 2.44. The lowest BCUT2D eigenvalue weighted by molar-refractivity contribution is -0.140. The molecule has 1 aromatic rings. The van der Waals surface area contributed by atoms with Crippen LogP contribution in [0, 0.1) is 17.8 Å². The molecule has 1 saturated heterocycles. The SMILES string of the molecule is CCC1CC2C(=O)N(CCc3ccccc3N)C(=O)C2C1. The number of likely N-dealkylation sites (tertiary alicyclic amines) is 1. The van der Waals surface area contributed by atoms with Crippen LogP contribution in [0.1, 0.15) is 31.7 Å². The molecule has 2 aliphatic rings. The minimum Gasteiger partial charge on any atom is -0.399 e. The molecular weight excluding hydrogens is 264 g/mol. The van der Waals surface area contributed by atoms with Gasteiger partial charge in [0.15, 0.2) is 0 Å². The topological polar surface area (TPSA) is 63.4 Å². The number of carbonyl (C=O) groups excluding carboxylic acids is 2. The van der Waals surface area contributed by atoms with Gasteiger partial charge in [0.05, 0.1) is 11.8 Å². The van der Waals surface area contributed by atoms with E-state index in [-0.39, 0.29) is 23.7 Å². The number of rotatable bonds is 4. The number of nitrogen functional groups attached to an aromatic ring is 1. The fourth-order valence-electron chi connectivity index (χ4n) is 3.75. The van der Waals surface area contributed by atoms with Crippen molar-refractivity contribution in [2.45, 2.75) is 32.6 Å². The van der Waals surface area contributed by atoms with Crippen LogP contribution in [0.3, 0.4) is 0 Å². The summed E-state index contributed by atoms with van der Waals surface area (Å²) in [5, 5.41) is 0. The third-order valence-corrected chi connectivity index (χ3v) is 5.06. The highest BCUT2D eigenvalue weighted by Gasteiger charge is 2.51. The Morgan fingerprint density at radius 3 is 2.33 bits per heavy atom. The first-order chi connectivity index (χ1) is 10.1. The summed E-state index contributed by atoms with van der Waals surface area (Å²) >= 11 is 0. The Kier molecular flexibility index (Phi) is 3.70. The molecule has 4 heteroatoms. The smallest absolute Gasteiger partial charge is 0.233 e. The zero-order chi connectivity index (χ0) is 15.0. The zero-order valence-corrected chi connectivity index (χ0v) is 12.4. The number of hydrogen-bond donors (Lipinski definition) is 1. The maximum Gasteiger partial charge on any atom is 0.233 e. The number of carbonyl (C=O) groups is 2. The van der Waals surface area contributed by atoms with Gasteiger partial charge < -0.3 is 5.73 Å². The van der Waals surface area contributed by atoms with Gasteiger partial charge in [-0.3, -0.25) is 14.5 Å². The van der Waals surface area contributed by atoms with Crippen LogP contribution in [0.5, 0.6) is 0 Å². The second-order valence-corrected chi connectivity index (χ2v) is 6.24. The summed E-state index contributed by atoms with van der Waals surface area (Å²) in [6, 6.07) is 7.62. The second-order valence-electron chi connectivity index (χ2n) is 6.24. The molecule has 3 rings (SSSR count). The van der Waals surface area contributed by atoms with Crippen LogP contribution in [0.15, 0.2) is 24.3 Å². The second kappa shape index (κ2) is 5.51. The van der Waals surface area contributed by atoms with Crippen molar-refractivity contribution < 1.29 is 9.59 Å². The van der Waals surface area contributed by atoms with Gasteiger partial charge in [-0.15, -0.1) is 0 Å². The molecule has 4 nitrogen and oxygen atoms in total. The molecule has 1 saturated carbocycles. The molecule has 21 heavy (non-hydrogen) atoms. The van der Waals surface area contributed by atoms with E-state index >= 15 is 0 Å². The number of imide groups is 1. The summed E-state index contributed by atoms with van der Waals surface area (Å²) in [7, 11) is 0. The monoisotopic (exact) mass is 286 g/mol. The third kappa shape index (κ3) is 2.43. The lowest BCUT2D eigenvalue weighted by atomic mass is 10.00. The first-order valence-electron chi connectivity index (χ1n) is 7.80. The molecule has 2 amide bonds. The van der Waals surface area contributed by atoms with Crippen LogP contribution in [-0.4, -0.2) is 23.3 Å². The van der Waals surface area contributed by atoms with E-state index in [1.807, 2.05) is 24.3 Å². The Hall–Kier alpha value is -1.84. The summed E-state index contributed by atoms with van der Waals surface area (Å²) in [6.07, 6.45) is 3.47. The largest absolute Gasteiger partial charge is 0.399 e. The van der Waals surface area contributed by atoms with Crippen molar-refractivity contribution in [3.8, 4) is 0 Å². The van der Waals surface area contributed by atoms with Crippen molar-refractivity contribution in [1.82, 2.24) is 4.90 Å². The summed E-state index contributed by atoms with van der Waals surface area (Å²) in [5.74, 6) is 0.497. The van der Waals surface area contributed by atoms with Gasteiger partial charge in [-0.1, -0.05) is 31.5 Å². The standard InChI is InChI=1S/C17H22N2O2/c1-2-11-9-13-14(10-11)17(21)19(16(13)20)8-7-12-5-3-4-6-15(12)18/h3-6,11,13-14H,2,7-10,18H2,1H3. The molecule has 0 spiro atoms. The first kappa shape index (κ1) is 14.1. The first-order valence-corrected chi connectivity index (χ1v) is 7.80. The van der Waals surface area contributed by atoms with E-state index in [1.54, 1.807) is 0 Å². The fourth-order valence-corrected chi connectivity index (χ4v) is 3.75. The molecule has 2 N–H and O–H groups in total. The van der Waals surface area contributed by atoms with E-state index in [9.17, 15) is 9.59 Å². The van der Waals surface area contributed by atoms with Gasteiger partial charge in [0.1, 0.15) is 0 Å². The molecule has 1 heterocycles. The van der Waals surface area contributed by atoms with Gasteiger partial charge in [-0.2, -0.15) is 0 Å². The van der Waals surface area contributed by atoms with Crippen molar-refractivity contribution in [2.24, 2.45) is 17.8 Å². The molecule has 2 fully saturated rings. The fraction of sp³-hybridized carbons (Fsp3) is 0.529. The van der Waals surface area contributed by atoms with E-state index in [1.165, 1.54) is 4.90 Å². The average molecular weight is 286 g/mol. The molecule has 0 aromatic heterocycles. The highest BCUT2D eigenvalue weighted by atomic mass is 16.2. The maximum atomic E-state index is 12.4. The number of nitrogens with two attached hydrogens (primary N) is 1. The average Bonchev–Trinajstić information content (AvgIpc) is 3.00. The lowest BCUT2D eigenvalue weighted by Gasteiger charge is -2.18. The molecule has 1 aromatic carbocycles. The predicted octanol–water partition coefficient (Wildman–Crippen LogP) is 2.23. The summed E-state index contributed by atoms with van der Waals surface area (Å²) < 4.78 is 0. The summed E-state index contributed by atoms with van der Waals surface area (Å²) in [5.41, 5.74) is 7.64. The summed E-state index contributed by atoms with van der Waals surface area (Å²) in [6.45, 7) is 2.59. The zero-order valence-electron chi connectivity index (χ0n) is 12.4. The highest BCUT2D eigenvalue weighted by molar-refractivity contribution is 6.05.